The van der Waals surface area contributed by atoms with Gasteiger partial charge in [-0.1, -0.05) is 41.2 Å². The first-order valence-electron chi connectivity index (χ1n) is 10.6. The molecule has 10 heteroatoms. The topological polar surface area (TPSA) is 54.9 Å². The van der Waals surface area contributed by atoms with Crippen LogP contribution in [0.3, 0.4) is 0 Å². The standard InChI is InChI=1S/C23H24F3N3O3S/c1-16-3-2-4-17(13-16)14-21(30)29(8-7-28-9-11-31-12-10-28)22-27-19-6-5-18(15-20(19)33-22)32-23(24,25)26/h2-6,13,15H,7-12,14H2,1H3. The van der Waals surface area contributed by atoms with Gasteiger partial charge in [-0.3, -0.25) is 14.6 Å². The van der Waals surface area contributed by atoms with Gasteiger partial charge in [-0.15, -0.1) is 13.2 Å². The molecule has 2 aromatic carbocycles. The second-order valence-corrected chi connectivity index (χ2v) is 8.85. The van der Waals surface area contributed by atoms with Gasteiger partial charge in [-0.2, -0.15) is 0 Å². The highest BCUT2D eigenvalue weighted by atomic mass is 32.1. The smallest absolute Gasteiger partial charge is 0.406 e. The van der Waals surface area contributed by atoms with E-state index >= 15 is 0 Å². The molecule has 0 bridgehead atoms. The largest absolute Gasteiger partial charge is 0.573 e. The Hall–Kier alpha value is -2.69. The molecule has 6 nitrogen and oxygen atoms in total. The highest BCUT2D eigenvalue weighted by Crippen LogP contribution is 2.33. The third kappa shape index (κ3) is 6.43. The summed E-state index contributed by atoms with van der Waals surface area (Å²) in [5.74, 6) is -0.421. The minimum atomic E-state index is -4.77. The van der Waals surface area contributed by atoms with Gasteiger partial charge in [0, 0.05) is 32.2 Å². The molecule has 0 atom stereocenters. The van der Waals surface area contributed by atoms with Crippen molar-refractivity contribution in [2.24, 2.45) is 0 Å². The van der Waals surface area contributed by atoms with Crippen molar-refractivity contribution in [2.75, 3.05) is 44.3 Å². The fourth-order valence-corrected chi connectivity index (χ4v) is 4.73. The molecule has 1 fully saturated rings. The molecule has 1 amide bonds. The molecule has 1 aromatic heterocycles. The van der Waals surface area contributed by atoms with Crippen LogP contribution in [-0.4, -0.2) is 61.5 Å². The van der Waals surface area contributed by atoms with Crippen LogP contribution in [0.25, 0.3) is 10.2 Å². The van der Waals surface area contributed by atoms with Gasteiger partial charge in [-0.05, 0) is 24.6 Å². The molecular weight excluding hydrogens is 455 g/mol. The lowest BCUT2D eigenvalue weighted by molar-refractivity contribution is -0.274. The maximum Gasteiger partial charge on any atom is 0.573 e. The Morgan fingerprint density at radius 3 is 2.73 bits per heavy atom. The third-order valence-corrected chi connectivity index (χ3v) is 6.34. The third-order valence-electron chi connectivity index (χ3n) is 5.30. The number of morpholine rings is 1. The van der Waals surface area contributed by atoms with E-state index in [1.54, 1.807) is 4.90 Å². The number of hydrogen-bond donors (Lipinski definition) is 0. The molecular formula is C23H24F3N3O3S. The number of alkyl halides is 3. The van der Waals surface area contributed by atoms with Crippen LogP contribution in [-0.2, 0) is 16.0 Å². The fraction of sp³-hybridized carbons (Fsp3) is 0.391. The Morgan fingerprint density at radius 1 is 1.21 bits per heavy atom. The molecule has 33 heavy (non-hydrogen) atoms. The first kappa shape index (κ1) is 23.5. The van der Waals surface area contributed by atoms with Gasteiger partial charge in [0.15, 0.2) is 5.13 Å². The minimum Gasteiger partial charge on any atom is -0.406 e. The van der Waals surface area contributed by atoms with Gasteiger partial charge in [-0.25, -0.2) is 4.98 Å². The number of rotatable bonds is 7. The van der Waals surface area contributed by atoms with Gasteiger partial charge >= 0.3 is 6.36 Å². The van der Waals surface area contributed by atoms with Gasteiger partial charge in [0.2, 0.25) is 5.91 Å². The monoisotopic (exact) mass is 479 g/mol. The molecule has 0 unspecified atom stereocenters. The maximum absolute atomic E-state index is 13.3. The van der Waals surface area contributed by atoms with Crippen LogP contribution in [0, 0.1) is 6.92 Å². The average Bonchev–Trinajstić information content (AvgIpc) is 3.16. The van der Waals surface area contributed by atoms with Gasteiger partial charge < -0.3 is 9.47 Å². The molecule has 0 saturated carbocycles. The lowest BCUT2D eigenvalue weighted by Crippen LogP contribution is -2.43. The van der Waals surface area contributed by atoms with Crippen molar-refractivity contribution in [1.29, 1.82) is 0 Å². The number of aryl methyl sites for hydroxylation is 1. The Balaban J connectivity index is 1.58. The number of anilines is 1. The van der Waals surface area contributed by atoms with Crippen molar-refractivity contribution in [3.8, 4) is 5.75 Å². The lowest BCUT2D eigenvalue weighted by atomic mass is 10.1. The first-order chi connectivity index (χ1) is 15.8. The van der Waals surface area contributed by atoms with Crippen LogP contribution in [0.4, 0.5) is 18.3 Å². The van der Waals surface area contributed by atoms with Crippen LogP contribution in [0.15, 0.2) is 42.5 Å². The summed E-state index contributed by atoms with van der Waals surface area (Å²) >= 11 is 1.18. The van der Waals surface area contributed by atoms with E-state index < -0.39 is 6.36 Å². The Kier molecular flexibility index (Phi) is 7.16. The van der Waals surface area contributed by atoms with Crippen LogP contribution < -0.4 is 9.64 Å². The molecule has 0 radical (unpaired) electrons. The Morgan fingerprint density at radius 2 is 2.00 bits per heavy atom. The van der Waals surface area contributed by atoms with E-state index in [9.17, 15) is 18.0 Å². The van der Waals surface area contributed by atoms with Crippen molar-refractivity contribution in [3.05, 3.63) is 53.6 Å². The zero-order chi connectivity index (χ0) is 23.4. The predicted octanol–water partition coefficient (Wildman–Crippen LogP) is 4.41. The molecule has 0 N–H and O–H groups in total. The van der Waals surface area contributed by atoms with Gasteiger partial charge in [0.1, 0.15) is 5.75 Å². The van der Waals surface area contributed by atoms with Crippen molar-refractivity contribution >= 4 is 32.6 Å². The summed E-state index contributed by atoms with van der Waals surface area (Å²) in [5.41, 5.74) is 2.49. The number of ether oxygens (including phenoxy) is 2. The van der Waals surface area contributed by atoms with Crippen molar-refractivity contribution in [1.82, 2.24) is 9.88 Å². The summed E-state index contributed by atoms with van der Waals surface area (Å²) in [7, 11) is 0. The predicted molar refractivity (Wildman–Crippen MR) is 121 cm³/mol. The van der Waals surface area contributed by atoms with Gasteiger partial charge in [0.25, 0.3) is 0 Å². The summed E-state index contributed by atoms with van der Waals surface area (Å²) in [4.78, 5) is 21.7. The SMILES string of the molecule is Cc1cccc(CC(=O)N(CCN2CCOCC2)c2nc3ccc(OC(F)(F)F)cc3s2)c1. The Bertz CT molecular complexity index is 1110. The van der Waals surface area contributed by atoms with E-state index in [1.807, 2.05) is 31.2 Å². The van der Waals surface area contributed by atoms with E-state index in [0.717, 1.165) is 24.2 Å². The molecule has 0 aliphatic carbocycles. The number of aromatic nitrogens is 1. The number of fused-ring (bicyclic) bond motifs is 1. The number of amides is 1. The number of carbonyl (C=O) groups is 1. The number of halogens is 3. The number of benzene rings is 2. The molecule has 1 aliphatic rings. The minimum absolute atomic E-state index is 0.111. The molecule has 1 saturated heterocycles. The summed E-state index contributed by atoms with van der Waals surface area (Å²) in [6.45, 7) is 5.94. The summed E-state index contributed by atoms with van der Waals surface area (Å²) in [5, 5.41) is 0.458. The normalized spacial score (nSPS) is 15.0. The van der Waals surface area contributed by atoms with Crippen LogP contribution in [0.5, 0.6) is 5.75 Å². The second-order valence-electron chi connectivity index (χ2n) is 7.84. The first-order valence-corrected chi connectivity index (χ1v) is 11.4. The molecule has 0 spiro atoms. The van der Waals surface area contributed by atoms with E-state index in [0.29, 0.717) is 41.7 Å². The highest BCUT2D eigenvalue weighted by Gasteiger charge is 2.31. The summed E-state index contributed by atoms with van der Waals surface area (Å²) < 4.78 is 47.7. The molecule has 4 rings (SSSR count). The zero-order valence-electron chi connectivity index (χ0n) is 18.1. The zero-order valence-corrected chi connectivity index (χ0v) is 18.9. The Labute approximate surface area is 193 Å². The lowest BCUT2D eigenvalue weighted by Gasteiger charge is -2.29. The summed E-state index contributed by atoms with van der Waals surface area (Å²) in [6.07, 6.45) is -4.56. The van der Waals surface area contributed by atoms with E-state index in [2.05, 4.69) is 14.6 Å². The van der Waals surface area contributed by atoms with Crippen LogP contribution >= 0.6 is 11.3 Å². The number of carbonyl (C=O) groups excluding carboxylic acids is 1. The van der Waals surface area contributed by atoms with Crippen molar-refractivity contribution in [2.45, 2.75) is 19.7 Å². The van der Waals surface area contributed by atoms with Gasteiger partial charge in [0.05, 0.1) is 29.9 Å². The number of thiazole rings is 1. The average molecular weight is 480 g/mol. The quantitative estimate of drug-likeness (QED) is 0.503. The summed E-state index contributed by atoms with van der Waals surface area (Å²) in [6, 6.07) is 11.8. The molecule has 2 heterocycles. The maximum atomic E-state index is 13.3. The molecule has 1 aliphatic heterocycles. The number of nitrogens with zero attached hydrogens (tertiary/aromatic N) is 3. The van der Waals surface area contributed by atoms with E-state index in [4.69, 9.17) is 4.74 Å². The molecule has 3 aromatic rings. The molecule has 176 valence electrons. The fourth-order valence-electron chi connectivity index (χ4n) is 3.69. The van der Waals surface area contributed by atoms with Crippen LogP contribution in [0.1, 0.15) is 11.1 Å². The van der Waals surface area contributed by atoms with Crippen molar-refractivity contribution in [3.63, 3.8) is 0 Å². The van der Waals surface area contributed by atoms with E-state index in [-0.39, 0.29) is 18.1 Å². The second kappa shape index (κ2) is 10.1. The van der Waals surface area contributed by atoms with Crippen LogP contribution in [0.2, 0.25) is 0 Å². The van der Waals surface area contributed by atoms with Crippen molar-refractivity contribution < 1.29 is 27.4 Å². The highest BCUT2D eigenvalue weighted by molar-refractivity contribution is 7.22. The van der Waals surface area contributed by atoms with E-state index in [1.165, 1.54) is 29.5 Å². The number of hydrogen-bond acceptors (Lipinski definition) is 6.